The van der Waals surface area contributed by atoms with Crippen LogP contribution < -0.4 is 0 Å². The van der Waals surface area contributed by atoms with Crippen LogP contribution in [0.3, 0.4) is 0 Å². The highest BCUT2D eigenvalue weighted by molar-refractivity contribution is 6.01. The van der Waals surface area contributed by atoms with Crippen molar-refractivity contribution in [3.63, 3.8) is 0 Å². The number of rotatable bonds is 4. The first-order chi connectivity index (χ1) is 24.7. The summed E-state index contributed by atoms with van der Waals surface area (Å²) in [4.78, 5) is 10.5. The van der Waals surface area contributed by atoms with Crippen LogP contribution in [0, 0.1) is 5.92 Å². The van der Waals surface area contributed by atoms with Gasteiger partial charge >= 0.3 is 0 Å². The fourth-order valence-electron chi connectivity index (χ4n) is 8.42. The Morgan fingerprint density at radius 1 is 0.600 bits per heavy atom. The molecular weight excluding hydrogens is 605 g/mol. The average molecular weight is 641 g/mol. The first-order valence-corrected chi connectivity index (χ1v) is 17.5. The van der Waals surface area contributed by atoms with Crippen LogP contribution in [0.25, 0.3) is 44.8 Å². The second kappa shape index (κ2) is 12.1. The van der Waals surface area contributed by atoms with Crippen LogP contribution >= 0.6 is 0 Å². The SMILES string of the molecule is C\C=C/C=C1/C(=C2\C=CC=C(c3nc(-c4ccccc4)cc(-c4ccccc4)n3)C2C)C2(c3ccccc31)c1ccccc1-c1ccccc12. The Balaban J connectivity index is 1.31. The van der Waals surface area contributed by atoms with Gasteiger partial charge in [0.2, 0.25) is 0 Å². The standard InChI is InChI=1S/C48H36N2/c1-3-4-22-40-39-25-13-16-30-43(39)48(41-28-14-11-23-37(41)38-24-12-15-29-42(38)48)46(40)35-26-17-27-36(32(35)2)47-49-44(33-18-7-5-8-19-33)31-45(50-47)34-20-9-6-10-21-34/h3-32H,1-2H3/b4-3-,40-22+,46-35-. The molecule has 1 atom stereocenters. The molecule has 5 aromatic carbocycles. The van der Waals surface area contributed by atoms with Crippen molar-refractivity contribution in [1.29, 1.82) is 0 Å². The van der Waals surface area contributed by atoms with E-state index >= 15 is 0 Å². The van der Waals surface area contributed by atoms with Crippen molar-refractivity contribution in [1.82, 2.24) is 9.97 Å². The third-order valence-corrected chi connectivity index (χ3v) is 10.6. The third kappa shape index (κ3) is 4.49. The molecular formula is C48H36N2. The zero-order chi connectivity index (χ0) is 33.7. The highest BCUT2D eigenvalue weighted by Crippen LogP contribution is 2.65. The smallest absolute Gasteiger partial charge is 0.156 e. The van der Waals surface area contributed by atoms with Crippen molar-refractivity contribution in [3.05, 3.63) is 215 Å². The van der Waals surface area contributed by atoms with Gasteiger partial charge in [0, 0.05) is 22.6 Å². The number of hydrogen-bond donors (Lipinski definition) is 0. The molecule has 0 saturated carbocycles. The minimum absolute atomic E-state index is 0.0183. The molecule has 3 aliphatic rings. The lowest BCUT2D eigenvalue weighted by Crippen LogP contribution is -2.28. The summed E-state index contributed by atoms with van der Waals surface area (Å²) < 4.78 is 0. The summed E-state index contributed by atoms with van der Waals surface area (Å²) in [5.74, 6) is 0.778. The van der Waals surface area contributed by atoms with Gasteiger partial charge in [-0.05, 0) is 63.1 Å². The zero-order valence-electron chi connectivity index (χ0n) is 28.2. The van der Waals surface area contributed by atoms with Crippen molar-refractivity contribution >= 4 is 11.1 Å². The average Bonchev–Trinajstić information content (AvgIpc) is 3.64. The van der Waals surface area contributed by atoms with Gasteiger partial charge in [0.1, 0.15) is 0 Å². The van der Waals surface area contributed by atoms with E-state index in [-0.39, 0.29) is 5.92 Å². The number of allylic oxidation sites excluding steroid dienone is 10. The van der Waals surface area contributed by atoms with E-state index < -0.39 is 5.41 Å². The Kier molecular flexibility index (Phi) is 7.25. The minimum Gasteiger partial charge on any atom is -0.228 e. The Hall–Kier alpha value is -6.12. The number of benzene rings is 5. The van der Waals surface area contributed by atoms with Gasteiger partial charge in [-0.2, -0.15) is 0 Å². The number of hydrogen-bond acceptors (Lipinski definition) is 2. The maximum Gasteiger partial charge on any atom is 0.156 e. The Bertz CT molecular complexity index is 2340. The molecule has 1 heterocycles. The quantitative estimate of drug-likeness (QED) is 0.192. The highest BCUT2D eigenvalue weighted by atomic mass is 14.9. The van der Waals surface area contributed by atoms with Crippen LogP contribution in [0.1, 0.15) is 41.9 Å². The molecule has 1 aromatic heterocycles. The molecule has 9 rings (SSSR count). The molecule has 1 unspecified atom stereocenters. The molecule has 50 heavy (non-hydrogen) atoms. The van der Waals surface area contributed by atoms with Crippen LogP contribution in [0.2, 0.25) is 0 Å². The van der Waals surface area contributed by atoms with Gasteiger partial charge in [0.25, 0.3) is 0 Å². The van der Waals surface area contributed by atoms with Gasteiger partial charge in [-0.1, -0.05) is 177 Å². The summed E-state index contributed by atoms with van der Waals surface area (Å²) in [6.07, 6.45) is 13.4. The number of fused-ring (bicyclic) bond motifs is 7. The van der Waals surface area contributed by atoms with Gasteiger partial charge < -0.3 is 0 Å². The van der Waals surface area contributed by atoms with E-state index in [0.29, 0.717) is 0 Å². The third-order valence-electron chi connectivity index (χ3n) is 10.6. The van der Waals surface area contributed by atoms with Crippen LogP contribution in [0.5, 0.6) is 0 Å². The van der Waals surface area contributed by atoms with Crippen LogP contribution in [0.15, 0.2) is 187 Å². The Morgan fingerprint density at radius 2 is 1.10 bits per heavy atom. The normalized spacial score (nSPS) is 19.1. The van der Waals surface area contributed by atoms with Crippen molar-refractivity contribution in [2.45, 2.75) is 19.3 Å². The van der Waals surface area contributed by atoms with E-state index in [1.807, 2.05) is 12.1 Å². The second-order valence-electron chi connectivity index (χ2n) is 13.2. The molecule has 2 heteroatoms. The predicted octanol–water partition coefficient (Wildman–Crippen LogP) is 11.7. The van der Waals surface area contributed by atoms with Gasteiger partial charge in [-0.25, -0.2) is 9.97 Å². The van der Waals surface area contributed by atoms with E-state index in [9.17, 15) is 0 Å². The zero-order valence-corrected chi connectivity index (χ0v) is 28.2. The maximum atomic E-state index is 5.27. The van der Waals surface area contributed by atoms with Gasteiger partial charge in [-0.15, -0.1) is 0 Å². The molecule has 2 nitrogen and oxygen atoms in total. The molecule has 6 aromatic rings. The van der Waals surface area contributed by atoms with Crippen molar-refractivity contribution in [2.75, 3.05) is 0 Å². The molecule has 0 fully saturated rings. The monoisotopic (exact) mass is 640 g/mol. The Labute approximate surface area is 294 Å². The van der Waals surface area contributed by atoms with Crippen molar-refractivity contribution in [2.24, 2.45) is 5.92 Å². The maximum absolute atomic E-state index is 5.27. The number of aromatic nitrogens is 2. The molecule has 1 spiro atoms. The summed E-state index contributed by atoms with van der Waals surface area (Å²) in [7, 11) is 0. The lowest BCUT2D eigenvalue weighted by molar-refractivity contribution is 0.760. The molecule has 0 N–H and O–H groups in total. The van der Waals surface area contributed by atoms with Gasteiger partial charge in [-0.3, -0.25) is 0 Å². The molecule has 0 saturated heterocycles. The van der Waals surface area contributed by atoms with Crippen molar-refractivity contribution in [3.8, 4) is 33.6 Å². The van der Waals surface area contributed by atoms with E-state index in [1.165, 1.54) is 50.1 Å². The van der Waals surface area contributed by atoms with E-state index in [2.05, 4.69) is 178 Å². The first kappa shape index (κ1) is 30.0. The van der Waals surface area contributed by atoms with Crippen LogP contribution in [-0.2, 0) is 5.41 Å². The molecule has 3 aliphatic carbocycles. The molecule has 238 valence electrons. The fraction of sp³-hybridized carbons (Fsp3) is 0.0833. The highest BCUT2D eigenvalue weighted by Gasteiger charge is 2.54. The second-order valence-corrected chi connectivity index (χ2v) is 13.2. The van der Waals surface area contributed by atoms with E-state index in [0.717, 1.165) is 33.9 Å². The summed E-state index contributed by atoms with van der Waals surface area (Å²) in [6.45, 7) is 4.42. The minimum atomic E-state index is -0.463. The summed E-state index contributed by atoms with van der Waals surface area (Å²) in [5.41, 5.74) is 16.4. The van der Waals surface area contributed by atoms with E-state index in [4.69, 9.17) is 9.97 Å². The summed E-state index contributed by atoms with van der Waals surface area (Å²) in [5, 5.41) is 0. The molecule has 0 radical (unpaired) electrons. The first-order valence-electron chi connectivity index (χ1n) is 17.5. The lowest BCUT2D eigenvalue weighted by Gasteiger charge is -2.34. The summed E-state index contributed by atoms with van der Waals surface area (Å²) in [6, 6.07) is 50.0. The number of nitrogens with zero attached hydrogens (tertiary/aromatic N) is 2. The van der Waals surface area contributed by atoms with Crippen LogP contribution in [-0.4, -0.2) is 9.97 Å². The van der Waals surface area contributed by atoms with Gasteiger partial charge in [0.05, 0.1) is 16.8 Å². The largest absolute Gasteiger partial charge is 0.228 e. The lowest BCUT2D eigenvalue weighted by atomic mass is 9.67. The fourth-order valence-corrected chi connectivity index (χ4v) is 8.42. The molecule has 0 amide bonds. The predicted molar refractivity (Wildman–Crippen MR) is 207 cm³/mol. The molecule has 0 bridgehead atoms. The Morgan fingerprint density at radius 3 is 1.66 bits per heavy atom. The van der Waals surface area contributed by atoms with Gasteiger partial charge in [0.15, 0.2) is 5.82 Å². The van der Waals surface area contributed by atoms with E-state index in [1.54, 1.807) is 0 Å². The van der Waals surface area contributed by atoms with Crippen molar-refractivity contribution < 1.29 is 0 Å². The topological polar surface area (TPSA) is 25.8 Å². The molecule has 0 aliphatic heterocycles. The summed E-state index contributed by atoms with van der Waals surface area (Å²) >= 11 is 0. The van der Waals surface area contributed by atoms with Crippen LogP contribution in [0.4, 0.5) is 0 Å².